The molecule has 0 N–H and O–H groups in total. The second-order valence-electron chi connectivity index (χ2n) is 1.51. The third-order valence-corrected chi connectivity index (χ3v) is 0.933. The van der Waals surface area contributed by atoms with Crippen LogP contribution in [-0.2, 0) is 4.79 Å². The number of allylic oxidation sites excluding steroid dienone is 2. The minimum Gasteiger partial charge on any atom is -1.00 e. The van der Waals surface area contributed by atoms with Crippen molar-refractivity contribution in [3.63, 3.8) is 0 Å². The Hall–Kier alpha value is -0.850. The number of nitrogens with zero attached hydrogens (tertiary/aromatic N) is 1. The lowest BCUT2D eigenvalue weighted by molar-refractivity contribution is -0.443. The Morgan fingerprint density at radius 2 is 2.22 bits per heavy atom. The summed E-state index contributed by atoms with van der Waals surface area (Å²) in [6.45, 7) is 0.653. The molecule has 0 fully saturated rings. The lowest BCUT2D eigenvalue weighted by Gasteiger charge is -1.86. The molecule has 0 unspecified atom stereocenters. The Morgan fingerprint density at radius 3 is 2.56 bits per heavy atom. The van der Waals surface area contributed by atoms with E-state index in [2.05, 4.69) is 0 Å². The topological polar surface area (TPSA) is 20.1 Å². The van der Waals surface area contributed by atoms with Gasteiger partial charge in [0.1, 0.15) is 0 Å². The number of carbonyl (C=O) groups excluding carboxylic acids is 1. The molecule has 0 aromatic carbocycles. The predicted molar refractivity (Wildman–Crippen MR) is 29.1 cm³/mol. The van der Waals surface area contributed by atoms with Gasteiger partial charge in [0, 0.05) is 6.08 Å². The second kappa shape index (κ2) is 4.07. The molecular formula is C6H6ClNO. The summed E-state index contributed by atoms with van der Waals surface area (Å²) in [5, 5.41) is 0. The second-order valence-corrected chi connectivity index (χ2v) is 1.51. The van der Waals surface area contributed by atoms with Gasteiger partial charge in [-0.2, -0.15) is 4.79 Å². The van der Waals surface area contributed by atoms with E-state index in [1.54, 1.807) is 18.4 Å². The van der Waals surface area contributed by atoms with Crippen molar-refractivity contribution in [2.24, 2.45) is 0 Å². The molecule has 2 nitrogen and oxygen atoms in total. The number of isocyanates is 1. The first-order valence-electron chi connectivity index (χ1n) is 2.41. The van der Waals surface area contributed by atoms with Crippen LogP contribution >= 0.6 is 0 Å². The largest absolute Gasteiger partial charge is 1.00 e. The van der Waals surface area contributed by atoms with Gasteiger partial charge in [0.15, 0.2) is 12.7 Å². The monoisotopic (exact) mass is 143 g/mol. The highest BCUT2D eigenvalue weighted by Gasteiger charge is 1.96. The molecule has 48 valence electrons. The first kappa shape index (κ1) is 8.15. The molecule has 0 radical (unpaired) electrons. The Balaban J connectivity index is 0.000000640. The van der Waals surface area contributed by atoms with Crippen LogP contribution in [0.5, 0.6) is 0 Å². The van der Waals surface area contributed by atoms with Crippen molar-refractivity contribution in [1.29, 1.82) is 0 Å². The fourth-order valence-corrected chi connectivity index (χ4v) is 0.535. The molecule has 0 aromatic rings. The minimum absolute atomic E-state index is 0. The van der Waals surface area contributed by atoms with Gasteiger partial charge in [-0.1, -0.05) is 6.08 Å². The van der Waals surface area contributed by atoms with Gasteiger partial charge in [-0.3, -0.25) is 0 Å². The van der Waals surface area contributed by atoms with Crippen LogP contribution in [0.25, 0.3) is 0 Å². The van der Waals surface area contributed by atoms with E-state index in [4.69, 9.17) is 0 Å². The molecule has 1 heterocycles. The quantitative estimate of drug-likeness (QED) is 0.270. The molecule has 0 aromatic heterocycles. The summed E-state index contributed by atoms with van der Waals surface area (Å²) in [5.41, 5.74) is 0. The summed E-state index contributed by atoms with van der Waals surface area (Å²) in [6, 6.07) is 0. The van der Waals surface area contributed by atoms with Gasteiger partial charge in [0.25, 0.3) is 0 Å². The fourth-order valence-electron chi connectivity index (χ4n) is 0.535. The number of rotatable bonds is 0. The minimum atomic E-state index is 0. The van der Waals surface area contributed by atoms with Gasteiger partial charge >= 0.3 is 6.08 Å². The first-order chi connectivity index (χ1) is 3.93. The predicted octanol–water partition coefficient (Wildman–Crippen LogP) is -2.58. The normalized spacial score (nSPS) is 14.4. The zero-order valence-corrected chi connectivity index (χ0v) is 5.51. The molecule has 0 spiro atoms. The van der Waals surface area contributed by atoms with Crippen LogP contribution in [-0.4, -0.2) is 17.2 Å². The van der Waals surface area contributed by atoms with Crippen LogP contribution < -0.4 is 12.4 Å². The van der Waals surface area contributed by atoms with E-state index in [-0.39, 0.29) is 12.4 Å². The van der Waals surface area contributed by atoms with Gasteiger partial charge in [0.05, 0.1) is 0 Å². The maximum atomic E-state index is 9.88. The Labute approximate surface area is 59.6 Å². The molecule has 0 aliphatic carbocycles. The summed E-state index contributed by atoms with van der Waals surface area (Å²) >= 11 is 0. The van der Waals surface area contributed by atoms with Crippen molar-refractivity contribution in [3.8, 4) is 0 Å². The average Bonchev–Trinajstić information content (AvgIpc) is 1.90. The maximum absolute atomic E-state index is 9.88. The van der Waals surface area contributed by atoms with Gasteiger partial charge in [0.2, 0.25) is 0 Å². The highest BCUT2D eigenvalue weighted by molar-refractivity contribution is 5.26. The standard InChI is InChI=1S/C6H6NO.ClH/c8-6-7-4-2-1-3-5-7;/h1-4H,5H2;1H/q+1;/p-1. The smallest absolute Gasteiger partial charge is 0.430 e. The van der Waals surface area contributed by atoms with Gasteiger partial charge in [-0.25, -0.2) is 0 Å². The van der Waals surface area contributed by atoms with Gasteiger partial charge < -0.3 is 12.4 Å². The van der Waals surface area contributed by atoms with Crippen molar-refractivity contribution in [3.05, 3.63) is 24.4 Å². The van der Waals surface area contributed by atoms with Crippen LogP contribution in [0.15, 0.2) is 24.4 Å². The summed E-state index contributed by atoms with van der Waals surface area (Å²) in [4.78, 5) is 9.88. The van der Waals surface area contributed by atoms with E-state index in [0.29, 0.717) is 6.54 Å². The molecular weight excluding hydrogens is 138 g/mol. The Morgan fingerprint density at radius 1 is 1.44 bits per heavy atom. The number of hydrogen-bond donors (Lipinski definition) is 0. The molecule has 9 heavy (non-hydrogen) atoms. The molecule has 0 saturated carbocycles. The molecule has 3 heteroatoms. The van der Waals surface area contributed by atoms with Crippen LogP contribution in [0.3, 0.4) is 0 Å². The van der Waals surface area contributed by atoms with E-state index in [1.165, 1.54) is 4.58 Å². The van der Waals surface area contributed by atoms with Crippen molar-refractivity contribution in [1.82, 2.24) is 0 Å². The molecule has 1 rings (SSSR count). The summed E-state index contributed by atoms with van der Waals surface area (Å²) in [7, 11) is 0. The molecule has 1 aliphatic rings. The molecule has 0 saturated heterocycles. The van der Waals surface area contributed by atoms with E-state index in [0.717, 1.165) is 0 Å². The van der Waals surface area contributed by atoms with Crippen molar-refractivity contribution >= 4 is 6.08 Å². The summed E-state index contributed by atoms with van der Waals surface area (Å²) < 4.78 is 1.44. The third-order valence-electron chi connectivity index (χ3n) is 0.933. The summed E-state index contributed by atoms with van der Waals surface area (Å²) in [5.74, 6) is 0. The van der Waals surface area contributed by atoms with Crippen LogP contribution in [0.4, 0.5) is 0 Å². The van der Waals surface area contributed by atoms with E-state index in [1.807, 2.05) is 12.2 Å². The molecule has 1 aliphatic heterocycles. The van der Waals surface area contributed by atoms with Crippen LogP contribution in [0.1, 0.15) is 0 Å². The summed E-state index contributed by atoms with van der Waals surface area (Å²) in [6.07, 6.45) is 9.03. The lowest BCUT2D eigenvalue weighted by Crippen LogP contribution is -3.00. The van der Waals surface area contributed by atoms with Crippen molar-refractivity contribution < 1.29 is 21.8 Å². The molecule has 0 bridgehead atoms. The van der Waals surface area contributed by atoms with Crippen LogP contribution in [0.2, 0.25) is 0 Å². The van der Waals surface area contributed by atoms with Gasteiger partial charge in [-0.15, -0.1) is 4.58 Å². The van der Waals surface area contributed by atoms with Crippen LogP contribution in [0, 0.1) is 0 Å². The third kappa shape index (κ3) is 2.27. The highest BCUT2D eigenvalue weighted by atomic mass is 35.5. The number of halogens is 1. The zero-order valence-electron chi connectivity index (χ0n) is 4.75. The first-order valence-corrected chi connectivity index (χ1v) is 2.41. The Kier molecular flexibility index (Phi) is 3.69. The maximum Gasteiger partial charge on any atom is 0.430 e. The SMILES string of the molecule is O=C=[N+]1C=CC=CC1.[Cl-]. The zero-order chi connectivity index (χ0) is 5.82. The van der Waals surface area contributed by atoms with Crippen molar-refractivity contribution in [2.45, 2.75) is 0 Å². The fraction of sp³-hybridized carbons (Fsp3) is 0.167. The lowest BCUT2D eigenvalue weighted by atomic mass is 10.4. The van der Waals surface area contributed by atoms with Gasteiger partial charge in [-0.05, 0) is 6.08 Å². The average molecular weight is 144 g/mol. The molecule has 0 atom stereocenters. The Bertz CT molecular complexity index is 189. The van der Waals surface area contributed by atoms with E-state index in [9.17, 15) is 4.79 Å². The number of hydrogen-bond acceptors (Lipinski definition) is 1. The van der Waals surface area contributed by atoms with Crippen molar-refractivity contribution in [2.75, 3.05) is 6.54 Å². The molecule has 0 amide bonds. The van der Waals surface area contributed by atoms with E-state index < -0.39 is 0 Å². The highest BCUT2D eigenvalue weighted by Crippen LogP contribution is 1.87. The van der Waals surface area contributed by atoms with E-state index >= 15 is 0 Å².